The number of aliphatic hydroxyl groups is 1. The predicted molar refractivity (Wildman–Crippen MR) is 29.1 cm³/mol. The highest BCUT2D eigenvalue weighted by Gasteiger charge is 1.94. The Kier molecular flexibility index (Phi) is 10.9. The van der Waals surface area contributed by atoms with Crippen molar-refractivity contribution in [3.63, 3.8) is 0 Å². The molecule has 0 aliphatic rings. The van der Waals surface area contributed by atoms with E-state index in [2.05, 4.69) is 13.8 Å². The van der Waals surface area contributed by atoms with Crippen LogP contribution >= 0.6 is 0 Å². The van der Waals surface area contributed by atoms with E-state index in [1.165, 1.54) is 4.90 Å². The van der Waals surface area contributed by atoms with Gasteiger partial charge < -0.3 is 34.0 Å². The Bertz CT molecular complexity index is 33.9. The largest absolute Gasteiger partial charge is 1.00 e. The first-order valence-corrected chi connectivity index (χ1v) is 2.79. The van der Waals surface area contributed by atoms with E-state index in [9.17, 15) is 0 Å². The van der Waals surface area contributed by atoms with Gasteiger partial charge in [0.2, 0.25) is 0 Å². The molecule has 0 rings (SSSR count). The van der Waals surface area contributed by atoms with E-state index < -0.39 is 0 Å². The summed E-state index contributed by atoms with van der Waals surface area (Å²) in [5.41, 5.74) is 0. The maximum Gasteiger partial charge on any atom is 0.178 e. The summed E-state index contributed by atoms with van der Waals surface area (Å²) in [4.78, 5) is 1.24. The van der Waals surface area contributed by atoms with E-state index in [0.29, 0.717) is 0 Å². The highest BCUT2D eigenvalue weighted by atomic mass is 127. The van der Waals surface area contributed by atoms with E-state index in [1.54, 1.807) is 0 Å². The lowest BCUT2D eigenvalue weighted by atomic mass is 10.6. The zero-order valence-corrected chi connectivity index (χ0v) is 7.60. The van der Waals surface area contributed by atoms with Crippen molar-refractivity contribution >= 4 is 0 Å². The van der Waals surface area contributed by atoms with E-state index in [1.807, 2.05) is 0 Å². The summed E-state index contributed by atoms with van der Waals surface area (Å²) >= 11 is 0. The number of aliphatic hydroxyl groups excluding tert-OH is 1. The minimum Gasteiger partial charge on any atom is -1.00 e. The fraction of sp³-hybridized carbons (Fsp3) is 1.00. The Labute approximate surface area is 67.9 Å². The third-order valence-corrected chi connectivity index (χ3v) is 1.22. The summed E-state index contributed by atoms with van der Waals surface area (Å²) in [6.07, 6.45) is 0. The average Bonchev–Trinajstić information content (AvgIpc) is 1.72. The monoisotopic (exact) mass is 231 g/mol. The smallest absolute Gasteiger partial charge is 0.178 e. The van der Waals surface area contributed by atoms with Crippen LogP contribution in [0.25, 0.3) is 0 Å². The van der Waals surface area contributed by atoms with Gasteiger partial charge in [-0.2, -0.15) is 0 Å². The number of hydrogen-bond acceptors (Lipinski definition) is 1. The predicted octanol–water partition coefficient (Wildman–Crippen LogP) is -4.14. The molecule has 0 unspecified atom stereocenters. The first-order valence-electron chi connectivity index (χ1n) is 2.79. The molecule has 3 heteroatoms. The van der Waals surface area contributed by atoms with E-state index in [-0.39, 0.29) is 30.7 Å². The number of rotatable bonds is 3. The molecule has 0 spiro atoms. The van der Waals surface area contributed by atoms with Crippen LogP contribution in [0.15, 0.2) is 0 Å². The highest BCUT2D eigenvalue weighted by Crippen LogP contribution is 1.42. The molecule has 0 aliphatic carbocycles. The lowest BCUT2D eigenvalue weighted by molar-refractivity contribution is -0.915. The van der Waals surface area contributed by atoms with Gasteiger partial charge in [0.05, 0.1) is 13.1 Å². The van der Waals surface area contributed by atoms with Gasteiger partial charge in [0.1, 0.15) is 0 Å². The van der Waals surface area contributed by atoms with Crippen molar-refractivity contribution in [3.05, 3.63) is 0 Å². The molecule has 0 atom stereocenters. The molecule has 0 fully saturated rings. The summed E-state index contributed by atoms with van der Waals surface area (Å²) in [5.74, 6) is 0. The number of nitrogens with one attached hydrogen (secondary N) is 1. The van der Waals surface area contributed by atoms with Gasteiger partial charge in [0, 0.05) is 0 Å². The van der Waals surface area contributed by atoms with Gasteiger partial charge in [0.25, 0.3) is 0 Å². The average molecular weight is 231 g/mol. The molecule has 0 aliphatic heterocycles. The standard InChI is InChI=1S/C5H13NO.HI/c1-3-6(4-2)5-7;/h7H,3-5H2,1-2H3;1H. The van der Waals surface area contributed by atoms with Crippen molar-refractivity contribution in [1.82, 2.24) is 0 Å². The fourth-order valence-electron chi connectivity index (χ4n) is 0.474. The molecule has 8 heavy (non-hydrogen) atoms. The van der Waals surface area contributed by atoms with Crippen LogP contribution in [0.2, 0.25) is 0 Å². The molecule has 0 aromatic carbocycles. The molecule has 2 nitrogen and oxygen atoms in total. The van der Waals surface area contributed by atoms with Crippen LogP contribution in [0.1, 0.15) is 13.8 Å². The van der Waals surface area contributed by atoms with Crippen LogP contribution < -0.4 is 28.9 Å². The fourth-order valence-corrected chi connectivity index (χ4v) is 0.474. The topological polar surface area (TPSA) is 24.7 Å². The Hall–Kier alpha value is 0.650. The second-order valence-corrected chi connectivity index (χ2v) is 1.62. The Morgan fingerprint density at radius 2 is 1.62 bits per heavy atom. The number of hydrogen-bond donors (Lipinski definition) is 2. The maximum absolute atomic E-state index is 8.49. The summed E-state index contributed by atoms with van der Waals surface area (Å²) < 4.78 is 0. The van der Waals surface area contributed by atoms with Crippen molar-refractivity contribution < 1.29 is 34.0 Å². The highest BCUT2D eigenvalue weighted by molar-refractivity contribution is 4.06. The second-order valence-electron chi connectivity index (χ2n) is 1.62. The molecule has 0 aromatic heterocycles. The molecule has 0 amide bonds. The van der Waals surface area contributed by atoms with Crippen molar-refractivity contribution in [2.24, 2.45) is 0 Å². The molecular formula is C5H14INO. The lowest BCUT2D eigenvalue weighted by Gasteiger charge is -2.09. The first kappa shape index (κ1) is 11.4. The Balaban J connectivity index is 0. The normalized spacial score (nSPS) is 9.00. The summed E-state index contributed by atoms with van der Waals surface area (Å²) in [6, 6.07) is 0. The zero-order chi connectivity index (χ0) is 5.70. The third kappa shape index (κ3) is 4.80. The van der Waals surface area contributed by atoms with Crippen LogP contribution in [0.4, 0.5) is 0 Å². The van der Waals surface area contributed by atoms with Gasteiger partial charge in [-0.1, -0.05) is 0 Å². The van der Waals surface area contributed by atoms with Gasteiger partial charge in [-0.3, -0.25) is 0 Å². The number of halogens is 1. The van der Waals surface area contributed by atoms with E-state index in [0.717, 1.165) is 13.1 Å². The van der Waals surface area contributed by atoms with Crippen LogP contribution in [-0.2, 0) is 0 Å². The van der Waals surface area contributed by atoms with Crippen molar-refractivity contribution in [3.8, 4) is 0 Å². The van der Waals surface area contributed by atoms with Crippen LogP contribution in [0.3, 0.4) is 0 Å². The van der Waals surface area contributed by atoms with Crippen molar-refractivity contribution in [2.75, 3.05) is 19.8 Å². The lowest BCUT2D eigenvalue weighted by Crippen LogP contribution is -3.11. The van der Waals surface area contributed by atoms with Gasteiger partial charge in [0.15, 0.2) is 6.73 Å². The van der Waals surface area contributed by atoms with Gasteiger partial charge in [-0.25, -0.2) is 0 Å². The molecule has 52 valence electrons. The summed E-state index contributed by atoms with van der Waals surface area (Å²) in [5, 5.41) is 8.49. The van der Waals surface area contributed by atoms with Crippen LogP contribution in [-0.4, -0.2) is 24.9 Å². The minimum absolute atomic E-state index is 0. The molecule has 2 N–H and O–H groups in total. The Morgan fingerprint density at radius 3 is 1.62 bits per heavy atom. The second kappa shape index (κ2) is 7.65. The first-order chi connectivity index (χ1) is 3.35. The quantitative estimate of drug-likeness (QED) is 0.374. The Morgan fingerprint density at radius 1 is 1.25 bits per heavy atom. The molecule has 0 bridgehead atoms. The van der Waals surface area contributed by atoms with Crippen molar-refractivity contribution in [2.45, 2.75) is 13.8 Å². The van der Waals surface area contributed by atoms with Gasteiger partial charge in [-0.15, -0.1) is 0 Å². The maximum atomic E-state index is 8.49. The molecule has 0 saturated carbocycles. The van der Waals surface area contributed by atoms with Crippen LogP contribution in [0, 0.1) is 0 Å². The van der Waals surface area contributed by atoms with Crippen molar-refractivity contribution in [1.29, 1.82) is 0 Å². The molecule has 0 aromatic rings. The summed E-state index contributed by atoms with van der Waals surface area (Å²) in [6.45, 7) is 6.44. The molecular weight excluding hydrogens is 217 g/mol. The summed E-state index contributed by atoms with van der Waals surface area (Å²) in [7, 11) is 0. The molecule has 0 heterocycles. The van der Waals surface area contributed by atoms with Gasteiger partial charge >= 0.3 is 0 Å². The molecule has 0 radical (unpaired) electrons. The molecule has 0 saturated heterocycles. The SMILES string of the molecule is CC[NH+](CC)CO.[I-]. The van der Waals surface area contributed by atoms with E-state index >= 15 is 0 Å². The number of quaternary nitrogens is 1. The van der Waals surface area contributed by atoms with Crippen LogP contribution in [0.5, 0.6) is 0 Å². The van der Waals surface area contributed by atoms with Gasteiger partial charge in [-0.05, 0) is 13.8 Å². The minimum atomic E-state index is 0. The van der Waals surface area contributed by atoms with E-state index in [4.69, 9.17) is 5.11 Å². The third-order valence-electron chi connectivity index (χ3n) is 1.22. The zero-order valence-electron chi connectivity index (χ0n) is 5.45.